The molecule has 1 atom stereocenters. The van der Waals surface area contributed by atoms with E-state index in [1.54, 1.807) is 19.2 Å². The first-order valence-corrected chi connectivity index (χ1v) is 10.4. The Labute approximate surface area is 195 Å². The number of carbonyl (C=O) groups is 2. The summed E-state index contributed by atoms with van der Waals surface area (Å²) in [5.74, 6) is 1.15. The number of piperazine rings is 1. The topological polar surface area (TPSA) is 93.4 Å². The summed E-state index contributed by atoms with van der Waals surface area (Å²) >= 11 is 0. The van der Waals surface area contributed by atoms with Crippen LogP contribution in [-0.2, 0) is 4.79 Å². The average Bonchev–Trinajstić information content (AvgIpc) is 3.47. The molecule has 0 bridgehead atoms. The molecule has 0 radical (unpaired) electrons. The zero-order chi connectivity index (χ0) is 20.6. The summed E-state index contributed by atoms with van der Waals surface area (Å²) in [6.45, 7) is 8.15. The molecule has 2 saturated heterocycles. The third kappa shape index (κ3) is 6.34. The van der Waals surface area contributed by atoms with Crippen LogP contribution in [0.4, 0.5) is 0 Å². The molecule has 0 aromatic carbocycles. The van der Waals surface area contributed by atoms with Gasteiger partial charge in [0, 0.05) is 59.4 Å². The fourth-order valence-corrected chi connectivity index (χ4v) is 3.86. The van der Waals surface area contributed by atoms with Crippen LogP contribution >= 0.6 is 24.0 Å². The Morgan fingerprint density at radius 3 is 2.33 bits per heavy atom. The Hall–Kier alpha value is -1.82. The van der Waals surface area contributed by atoms with Crippen LogP contribution in [0.15, 0.2) is 27.8 Å². The standard InChI is InChI=1S/C20H32N6O3.HI/c1-16(19(28)25-9-3-4-10-25)24-11-13-26(14-12-24)20(21-2)23-8-7-22-18(27)17-6-5-15-29-17;/h5-6,15-16H,3-4,7-14H2,1-2H3,(H,21,23)(H,22,27);1H. The third-order valence-corrected chi connectivity index (χ3v) is 5.59. The predicted molar refractivity (Wildman–Crippen MR) is 126 cm³/mol. The van der Waals surface area contributed by atoms with E-state index in [-0.39, 0.29) is 41.8 Å². The summed E-state index contributed by atoms with van der Waals surface area (Å²) in [5, 5.41) is 6.10. The number of likely N-dealkylation sites (tertiary alicyclic amines) is 1. The fourth-order valence-electron chi connectivity index (χ4n) is 3.86. The molecule has 9 nitrogen and oxygen atoms in total. The van der Waals surface area contributed by atoms with Crippen molar-refractivity contribution in [2.45, 2.75) is 25.8 Å². The number of nitrogens with zero attached hydrogens (tertiary/aromatic N) is 4. The van der Waals surface area contributed by atoms with Crippen molar-refractivity contribution in [1.82, 2.24) is 25.3 Å². The lowest BCUT2D eigenvalue weighted by molar-refractivity contribution is -0.135. The van der Waals surface area contributed by atoms with Gasteiger partial charge in [0.2, 0.25) is 5.91 Å². The molecule has 30 heavy (non-hydrogen) atoms. The maximum atomic E-state index is 12.6. The van der Waals surface area contributed by atoms with Gasteiger partial charge in [-0.2, -0.15) is 0 Å². The van der Waals surface area contributed by atoms with E-state index in [1.165, 1.54) is 6.26 Å². The van der Waals surface area contributed by atoms with Gasteiger partial charge in [-0.15, -0.1) is 24.0 Å². The van der Waals surface area contributed by atoms with Crippen LogP contribution in [0.3, 0.4) is 0 Å². The van der Waals surface area contributed by atoms with Gasteiger partial charge in [-0.05, 0) is 31.9 Å². The number of hydrogen-bond donors (Lipinski definition) is 2. The van der Waals surface area contributed by atoms with Crippen molar-refractivity contribution in [2.24, 2.45) is 4.99 Å². The summed E-state index contributed by atoms with van der Waals surface area (Å²) in [6, 6.07) is 3.26. The maximum absolute atomic E-state index is 12.6. The smallest absolute Gasteiger partial charge is 0.287 e. The molecule has 2 fully saturated rings. The van der Waals surface area contributed by atoms with Gasteiger partial charge in [-0.3, -0.25) is 19.5 Å². The number of furan rings is 1. The second kappa shape index (κ2) is 12.1. The number of nitrogens with one attached hydrogen (secondary N) is 2. The average molecular weight is 532 g/mol. The molecular weight excluding hydrogens is 499 g/mol. The third-order valence-electron chi connectivity index (χ3n) is 5.59. The summed E-state index contributed by atoms with van der Waals surface area (Å²) < 4.78 is 5.07. The molecule has 3 heterocycles. The Morgan fingerprint density at radius 1 is 1.07 bits per heavy atom. The van der Waals surface area contributed by atoms with Crippen LogP contribution in [0.2, 0.25) is 0 Å². The van der Waals surface area contributed by atoms with E-state index in [0.717, 1.165) is 58.1 Å². The lowest BCUT2D eigenvalue weighted by atomic mass is 10.2. The van der Waals surface area contributed by atoms with E-state index >= 15 is 0 Å². The number of amides is 2. The van der Waals surface area contributed by atoms with Crippen molar-refractivity contribution < 1.29 is 14.0 Å². The first-order valence-electron chi connectivity index (χ1n) is 10.4. The van der Waals surface area contributed by atoms with Crippen molar-refractivity contribution in [1.29, 1.82) is 0 Å². The zero-order valence-corrected chi connectivity index (χ0v) is 20.1. The van der Waals surface area contributed by atoms with E-state index in [4.69, 9.17) is 4.42 Å². The maximum Gasteiger partial charge on any atom is 0.287 e. The van der Waals surface area contributed by atoms with E-state index in [0.29, 0.717) is 18.8 Å². The highest BCUT2D eigenvalue weighted by atomic mass is 127. The largest absolute Gasteiger partial charge is 0.459 e. The molecule has 168 valence electrons. The first-order chi connectivity index (χ1) is 14.1. The van der Waals surface area contributed by atoms with Crippen LogP contribution in [-0.4, -0.2) is 97.9 Å². The van der Waals surface area contributed by atoms with Gasteiger partial charge in [0.05, 0.1) is 12.3 Å². The molecule has 10 heteroatoms. The number of halogens is 1. The Morgan fingerprint density at radius 2 is 1.73 bits per heavy atom. The monoisotopic (exact) mass is 532 g/mol. The lowest BCUT2D eigenvalue weighted by Crippen LogP contribution is -2.57. The van der Waals surface area contributed by atoms with Gasteiger partial charge < -0.3 is 24.9 Å². The summed E-state index contributed by atoms with van der Waals surface area (Å²) in [7, 11) is 1.76. The summed E-state index contributed by atoms with van der Waals surface area (Å²) in [6.07, 6.45) is 3.72. The van der Waals surface area contributed by atoms with Crippen LogP contribution in [0, 0.1) is 0 Å². The highest BCUT2D eigenvalue weighted by Crippen LogP contribution is 2.14. The van der Waals surface area contributed by atoms with Crippen LogP contribution in [0.5, 0.6) is 0 Å². The minimum atomic E-state index is -0.225. The second-order valence-corrected chi connectivity index (χ2v) is 7.44. The summed E-state index contributed by atoms with van der Waals surface area (Å²) in [4.78, 5) is 35.3. The molecular formula is C20H33IN6O3. The highest BCUT2D eigenvalue weighted by molar-refractivity contribution is 14.0. The number of aliphatic imine (C=N–C) groups is 1. The predicted octanol–water partition coefficient (Wildman–Crippen LogP) is 0.831. The fraction of sp³-hybridized carbons (Fsp3) is 0.650. The normalized spacial score (nSPS) is 18.7. The first kappa shape index (κ1) is 24.4. The number of hydrogen-bond acceptors (Lipinski definition) is 5. The Balaban J connectivity index is 0.00000320. The molecule has 1 aromatic rings. The Bertz CT molecular complexity index is 697. The van der Waals surface area contributed by atoms with Crippen molar-refractivity contribution in [3.8, 4) is 0 Å². The molecule has 3 rings (SSSR count). The molecule has 1 aromatic heterocycles. The van der Waals surface area contributed by atoms with Crippen molar-refractivity contribution in [3.63, 3.8) is 0 Å². The van der Waals surface area contributed by atoms with E-state index in [2.05, 4.69) is 25.4 Å². The summed E-state index contributed by atoms with van der Waals surface area (Å²) in [5.41, 5.74) is 0. The van der Waals surface area contributed by atoms with E-state index < -0.39 is 0 Å². The van der Waals surface area contributed by atoms with Crippen molar-refractivity contribution in [2.75, 3.05) is 59.4 Å². The molecule has 2 aliphatic heterocycles. The van der Waals surface area contributed by atoms with Gasteiger partial charge in [-0.1, -0.05) is 0 Å². The van der Waals surface area contributed by atoms with Gasteiger partial charge >= 0.3 is 0 Å². The minimum absolute atomic E-state index is 0. The Kier molecular flexibility index (Phi) is 9.89. The number of rotatable bonds is 6. The lowest BCUT2D eigenvalue weighted by Gasteiger charge is -2.39. The van der Waals surface area contributed by atoms with E-state index in [9.17, 15) is 9.59 Å². The molecule has 2 aliphatic rings. The van der Waals surface area contributed by atoms with Gasteiger partial charge in [0.25, 0.3) is 5.91 Å². The van der Waals surface area contributed by atoms with Gasteiger partial charge in [0.1, 0.15) is 0 Å². The molecule has 2 N–H and O–H groups in total. The SMILES string of the molecule is CN=C(NCCNC(=O)c1ccco1)N1CCN(C(C)C(=O)N2CCCC2)CC1.I. The van der Waals surface area contributed by atoms with Crippen LogP contribution in [0.25, 0.3) is 0 Å². The number of guanidine groups is 1. The molecule has 0 aliphatic carbocycles. The molecule has 0 saturated carbocycles. The molecule has 0 spiro atoms. The quantitative estimate of drug-likeness (QED) is 0.244. The zero-order valence-electron chi connectivity index (χ0n) is 17.8. The van der Waals surface area contributed by atoms with E-state index in [1.807, 2.05) is 11.8 Å². The van der Waals surface area contributed by atoms with Crippen LogP contribution in [0.1, 0.15) is 30.3 Å². The highest BCUT2D eigenvalue weighted by Gasteiger charge is 2.30. The van der Waals surface area contributed by atoms with Crippen molar-refractivity contribution >= 4 is 41.8 Å². The van der Waals surface area contributed by atoms with Gasteiger partial charge in [-0.25, -0.2) is 0 Å². The number of carbonyl (C=O) groups excluding carboxylic acids is 2. The second-order valence-electron chi connectivity index (χ2n) is 7.44. The van der Waals surface area contributed by atoms with Crippen molar-refractivity contribution in [3.05, 3.63) is 24.2 Å². The van der Waals surface area contributed by atoms with Gasteiger partial charge in [0.15, 0.2) is 11.7 Å². The minimum Gasteiger partial charge on any atom is -0.459 e. The van der Waals surface area contributed by atoms with Crippen LogP contribution < -0.4 is 10.6 Å². The molecule has 1 unspecified atom stereocenters. The molecule has 2 amide bonds.